The highest BCUT2D eigenvalue weighted by Crippen LogP contribution is 2.20. The van der Waals surface area contributed by atoms with Crippen molar-refractivity contribution in [1.82, 2.24) is 10.6 Å². The van der Waals surface area contributed by atoms with E-state index < -0.39 is 0 Å². The maximum atomic E-state index is 5.63. The molecule has 2 aliphatic rings. The standard InChI is InChI=1S/C12H16N2O2/c1-2-11(15-7-9-5-13-9)4-12(3-1)16-8-10-6-14-10/h1-4,9-10,13-14H,5-8H2. The first-order valence-electron chi connectivity index (χ1n) is 5.72. The lowest BCUT2D eigenvalue weighted by Crippen LogP contribution is -2.08. The van der Waals surface area contributed by atoms with E-state index in [-0.39, 0.29) is 0 Å². The van der Waals surface area contributed by atoms with E-state index in [1.165, 1.54) is 0 Å². The van der Waals surface area contributed by atoms with Crippen LogP contribution < -0.4 is 20.1 Å². The van der Waals surface area contributed by atoms with Gasteiger partial charge in [0, 0.05) is 19.2 Å². The van der Waals surface area contributed by atoms with E-state index in [9.17, 15) is 0 Å². The van der Waals surface area contributed by atoms with Gasteiger partial charge in [-0.1, -0.05) is 6.07 Å². The number of rotatable bonds is 6. The SMILES string of the molecule is c1cc(OCC2CN2)cc(OCC2CN2)c1. The number of hydrogen-bond acceptors (Lipinski definition) is 4. The van der Waals surface area contributed by atoms with Gasteiger partial charge >= 0.3 is 0 Å². The number of ether oxygens (including phenoxy) is 2. The number of nitrogens with one attached hydrogen (secondary N) is 2. The second-order valence-corrected chi connectivity index (χ2v) is 4.31. The van der Waals surface area contributed by atoms with Crippen molar-refractivity contribution in [3.63, 3.8) is 0 Å². The van der Waals surface area contributed by atoms with Gasteiger partial charge in [0.15, 0.2) is 0 Å². The normalized spacial score (nSPS) is 26.2. The second kappa shape index (κ2) is 4.31. The summed E-state index contributed by atoms with van der Waals surface area (Å²) >= 11 is 0. The van der Waals surface area contributed by atoms with Crippen molar-refractivity contribution in [3.05, 3.63) is 24.3 Å². The number of benzene rings is 1. The van der Waals surface area contributed by atoms with Gasteiger partial charge in [0.05, 0.1) is 12.1 Å². The molecule has 2 saturated heterocycles. The Morgan fingerprint density at radius 3 is 1.94 bits per heavy atom. The smallest absolute Gasteiger partial charge is 0.123 e. The first kappa shape index (κ1) is 9.93. The molecular formula is C12H16N2O2. The van der Waals surface area contributed by atoms with Crippen LogP contribution >= 0.6 is 0 Å². The van der Waals surface area contributed by atoms with Crippen molar-refractivity contribution in [1.29, 1.82) is 0 Å². The van der Waals surface area contributed by atoms with Crippen molar-refractivity contribution in [3.8, 4) is 11.5 Å². The maximum Gasteiger partial charge on any atom is 0.123 e. The Kier molecular flexibility index (Phi) is 2.68. The predicted octanol–water partition coefficient (Wildman–Crippen LogP) is 0.388. The van der Waals surface area contributed by atoms with Crippen LogP contribution in [0.5, 0.6) is 11.5 Å². The molecule has 2 unspecified atom stereocenters. The molecule has 0 spiro atoms. The highest BCUT2D eigenvalue weighted by Gasteiger charge is 2.21. The fraction of sp³-hybridized carbons (Fsp3) is 0.500. The zero-order chi connectivity index (χ0) is 10.8. The molecule has 4 nitrogen and oxygen atoms in total. The van der Waals surface area contributed by atoms with Gasteiger partial charge in [-0.15, -0.1) is 0 Å². The Morgan fingerprint density at radius 1 is 1.00 bits per heavy atom. The third-order valence-electron chi connectivity index (χ3n) is 2.69. The summed E-state index contributed by atoms with van der Waals surface area (Å²) < 4.78 is 11.3. The van der Waals surface area contributed by atoms with Crippen LogP contribution in [0.2, 0.25) is 0 Å². The van der Waals surface area contributed by atoms with Gasteiger partial charge < -0.3 is 20.1 Å². The average molecular weight is 220 g/mol. The summed E-state index contributed by atoms with van der Waals surface area (Å²) in [5, 5.41) is 6.41. The van der Waals surface area contributed by atoms with Crippen molar-refractivity contribution >= 4 is 0 Å². The molecule has 2 fully saturated rings. The third kappa shape index (κ3) is 2.87. The van der Waals surface area contributed by atoms with Gasteiger partial charge in [0.2, 0.25) is 0 Å². The summed E-state index contributed by atoms with van der Waals surface area (Å²) in [4.78, 5) is 0. The lowest BCUT2D eigenvalue weighted by atomic mass is 10.3. The minimum Gasteiger partial charge on any atom is -0.492 e. The molecule has 2 N–H and O–H groups in total. The molecule has 2 aliphatic heterocycles. The maximum absolute atomic E-state index is 5.63. The average Bonchev–Trinajstić information content (AvgIpc) is 3.17. The zero-order valence-electron chi connectivity index (χ0n) is 9.11. The molecular weight excluding hydrogens is 204 g/mol. The highest BCUT2D eigenvalue weighted by atomic mass is 16.5. The summed E-state index contributed by atoms with van der Waals surface area (Å²) in [7, 11) is 0. The Bertz CT molecular complexity index is 331. The van der Waals surface area contributed by atoms with Crippen LogP contribution in [0.25, 0.3) is 0 Å². The van der Waals surface area contributed by atoms with Crippen molar-refractivity contribution < 1.29 is 9.47 Å². The molecule has 0 aliphatic carbocycles. The quantitative estimate of drug-likeness (QED) is 0.681. The van der Waals surface area contributed by atoms with E-state index >= 15 is 0 Å². The van der Waals surface area contributed by atoms with E-state index in [0.717, 1.165) is 37.8 Å². The first-order chi connectivity index (χ1) is 7.90. The summed E-state index contributed by atoms with van der Waals surface area (Å²) in [5.41, 5.74) is 0. The van der Waals surface area contributed by atoms with E-state index in [1.807, 2.05) is 24.3 Å². The molecule has 16 heavy (non-hydrogen) atoms. The second-order valence-electron chi connectivity index (χ2n) is 4.31. The summed E-state index contributed by atoms with van der Waals surface area (Å²) in [6.07, 6.45) is 0. The van der Waals surface area contributed by atoms with Crippen LogP contribution in [-0.4, -0.2) is 38.4 Å². The van der Waals surface area contributed by atoms with Gasteiger partial charge in [0.25, 0.3) is 0 Å². The Balaban J connectivity index is 1.52. The molecule has 86 valence electrons. The fourth-order valence-corrected chi connectivity index (χ4v) is 1.45. The summed E-state index contributed by atoms with van der Waals surface area (Å²) in [6, 6.07) is 8.92. The topological polar surface area (TPSA) is 62.3 Å². The molecule has 3 rings (SSSR count). The van der Waals surface area contributed by atoms with Crippen LogP contribution in [0.4, 0.5) is 0 Å². The van der Waals surface area contributed by atoms with Gasteiger partial charge in [-0.3, -0.25) is 0 Å². The molecule has 2 heterocycles. The molecule has 0 bridgehead atoms. The van der Waals surface area contributed by atoms with Crippen LogP contribution in [0.1, 0.15) is 0 Å². The summed E-state index contributed by atoms with van der Waals surface area (Å²) in [6.45, 7) is 3.63. The minimum atomic E-state index is 0.542. The van der Waals surface area contributed by atoms with E-state index in [0.29, 0.717) is 12.1 Å². The van der Waals surface area contributed by atoms with Crippen LogP contribution in [-0.2, 0) is 0 Å². The lowest BCUT2D eigenvalue weighted by Gasteiger charge is -2.08. The largest absolute Gasteiger partial charge is 0.492 e. The molecule has 0 aromatic heterocycles. The molecule has 4 heteroatoms. The molecule has 2 atom stereocenters. The highest BCUT2D eigenvalue weighted by molar-refractivity contribution is 5.33. The van der Waals surface area contributed by atoms with Crippen LogP contribution in [0, 0.1) is 0 Å². The zero-order valence-corrected chi connectivity index (χ0v) is 9.11. The van der Waals surface area contributed by atoms with E-state index in [2.05, 4.69) is 10.6 Å². The third-order valence-corrected chi connectivity index (χ3v) is 2.69. The van der Waals surface area contributed by atoms with Gasteiger partial charge in [-0.25, -0.2) is 0 Å². The van der Waals surface area contributed by atoms with Gasteiger partial charge in [0.1, 0.15) is 24.7 Å². The molecule has 0 amide bonds. The molecule has 0 saturated carbocycles. The fourth-order valence-electron chi connectivity index (χ4n) is 1.45. The van der Waals surface area contributed by atoms with Crippen molar-refractivity contribution in [2.45, 2.75) is 12.1 Å². The number of hydrogen-bond donors (Lipinski definition) is 2. The predicted molar refractivity (Wildman–Crippen MR) is 61.0 cm³/mol. The Labute approximate surface area is 94.9 Å². The van der Waals surface area contributed by atoms with E-state index in [4.69, 9.17) is 9.47 Å². The van der Waals surface area contributed by atoms with Gasteiger partial charge in [-0.2, -0.15) is 0 Å². The molecule has 1 aromatic rings. The van der Waals surface area contributed by atoms with Crippen LogP contribution in [0.15, 0.2) is 24.3 Å². The van der Waals surface area contributed by atoms with Crippen molar-refractivity contribution in [2.24, 2.45) is 0 Å². The minimum absolute atomic E-state index is 0.542. The van der Waals surface area contributed by atoms with Crippen molar-refractivity contribution in [2.75, 3.05) is 26.3 Å². The monoisotopic (exact) mass is 220 g/mol. The Hall–Kier alpha value is -1.26. The Morgan fingerprint density at radius 2 is 1.50 bits per heavy atom. The van der Waals surface area contributed by atoms with Gasteiger partial charge in [-0.05, 0) is 12.1 Å². The molecule has 0 radical (unpaired) electrons. The van der Waals surface area contributed by atoms with E-state index in [1.54, 1.807) is 0 Å². The van der Waals surface area contributed by atoms with Crippen LogP contribution in [0.3, 0.4) is 0 Å². The molecule has 1 aromatic carbocycles. The summed E-state index contributed by atoms with van der Waals surface area (Å²) in [5.74, 6) is 1.77. The lowest BCUT2D eigenvalue weighted by molar-refractivity contribution is 0.303. The first-order valence-corrected chi connectivity index (χ1v) is 5.72.